The number of carbonyl (C=O) groups excluding carboxylic acids is 1. The van der Waals surface area contributed by atoms with E-state index in [9.17, 15) is 9.59 Å². The molecule has 1 atom stereocenters. The number of nitrogens with zero attached hydrogens (tertiary/aromatic N) is 2. The smallest absolute Gasteiger partial charge is 0.262 e. The predicted molar refractivity (Wildman–Crippen MR) is 69.4 cm³/mol. The Hall–Kier alpha value is -1.34. The second kappa shape index (κ2) is 4.50. The van der Waals surface area contributed by atoms with E-state index in [0.717, 1.165) is 0 Å². The summed E-state index contributed by atoms with van der Waals surface area (Å²) in [7, 11) is 1.64. The summed E-state index contributed by atoms with van der Waals surface area (Å²) in [6, 6.07) is 1.75. The van der Waals surface area contributed by atoms with E-state index in [0.29, 0.717) is 15.4 Å². The zero-order valence-corrected chi connectivity index (χ0v) is 11.0. The molecule has 7 heteroatoms. The average molecular weight is 269 g/mol. The number of amides is 1. The molecule has 2 aromatic rings. The van der Waals surface area contributed by atoms with Gasteiger partial charge in [0.2, 0.25) is 5.91 Å². The van der Waals surface area contributed by atoms with Crippen molar-refractivity contribution in [3.63, 3.8) is 0 Å². The Kier molecular flexibility index (Phi) is 3.21. The molecule has 90 valence electrons. The molecular weight excluding hydrogens is 258 g/mol. The lowest BCUT2D eigenvalue weighted by Crippen LogP contribution is -2.25. The van der Waals surface area contributed by atoms with Crippen LogP contribution in [0.25, 0.3) is 10.2 Å². The summed E-state index contributed by atoms with van der Waals surface area (Å²) in [5, 5.41) is 2.53. The molecule has 5 nitrogen and oxygen atoms in total. The van der Waals surface area contributed by atoms with Crippen molar-refractivity contribution in [2.24, 2.45) is 12.8 Å². The average Bonchev–Trinajstić information content (AvgIpc) is 2.73. The molecule has 17 heavy (non-hydrogen) atoms. The van der Waals surface area contributed by atoms with Gasteiger partial charge in [-0.3, -0.25) is 14.2 Å². The standard InChI is InChI=1S/C10H11N3O2S2/c1-5(7(11)14)17-10-12-8-6(3-4-16-8)9(15)13(10)2/h3-5H,1-2H3,(H2,11,14). The summed E-state index contributed by atoms with van der Waals surface area (Å²) in [5.74, 6) is -0.421. The molecule has 0 aliphatic heterocycles. The van der Waals surface area contributed by atoms with Gasteiger partial charge in [0.05, 0.1) is 10.6 Å². The van der Waals surface area contributed by atoms with Crippen LogP contribution in [0.15, 0.2) is 21.4 Å². The fourth-order valence-electron chi connectivity index (χ4n) is 1.30. The fourth-order valence-corrected chi connectivity index (χ4v) is 2.93. The zero-order chi connectivity index (χ0) is 12.6. The molecule has 0 aliphatic carbocycles. The summed E-state index contributed by atoms with van der Waals surface area (Å²) < 4.78 is 1.44. The van der Waals surface area contributed by atoms with Crippen molar-refractivity contribution < 1.29 is 4.79 Å². The first kappa shape index (κ1) is 12.1. The first-order valence-corrected chi connectivity index (χ1v) is 6.67. The molecule has 1 amide bonds. The molecule has 0 saturated carbocycles. The van der Waals surface area contributed by atoms with Crippen molar-refractivity contribution in [1.82, 2.24) is 9.55 Å². The third-order valence-electron chi connectivity index (χ3n) is 2.35. The zero-order valence-electron chi connectivity index (χ0n) is 9.34. The second-order valence-corrected chi connectivity index (χ2v) is 5.76. The number of rotatable bonds is 3. The molecule has 0 bridgehead atoms. The van der Waals surface area contributed by atoms with E-state index in [4.69, 9.17) is 5.73 Å². The van der Waals surface area contributed by atoms with Crippen LogP contribution in [-0.2, 0) is 11.8 Å². The van der Waals surface area contributed by atoms with E-state index in [1.807, 2.05) is 5.38 Å². The van der Waals surface area contributed by atoms with Gasteiger partial charge in [-0.05, 0) is 18.4 Å². The highest BCUT2D eigenvalue weighted by atomic mass is 32.2. The van der Waals surface area contributed by atoms with Crippen molar-refractivity contribution >= 4 is 39.2 Å². The number of primary amides is 1. The Morgan fingerprint density at radius 1 is 1.65 bits per heavy atom. The largest absolute Gasteiger partial charge is 0.369 e. The molecule has 2 aromatic heterocycles. The van der Waals surface area contributed by atoms with Crippen LogP contribution < -0.4 is 11.3 Å². The van der Waals surface area contributed by atoms with E-state index in [1.165, 1.54) is 27.7 Å². The highest BCUT2D eigenvalue weighted by molar-refractivity contribution is 8.00. The lowest BCUT2D eigenvalue weighted by Gasteiger charge is -2.09. The number of aromatic nitrogens is 2. The minimum Gasteiger partial charge on any atom is -0.369 e. The molecule has 0 aromatic carbocycles. The molecule has 0 saturated heterocycles. The van der Waals surface area contributed by atoms with E-state index in [2.05, 4.69) is 4.98 Å². The monoisotopic (exact) mass is 269 g/mol. The summed E-state index contributed by atoms with van der Waals surface area (Å²) in [6.45, 7) is 1.69. The first-order chi connectivity index (χ1) is 8.00. The van der Waals surface area contributed by atoms with Crippen LogP contribution in [0.4, 0.5) is 0 Å². The maximum atomic E-state index is 12.0. The number of carbonyl (C=O) groups is 1. The maximum Gasteiger partial charge on any atom is 0.262 e. The van der Waals surface area contributed by atoms with Crippen LogP contribution in [0.5, 0.6) is 0 Å². The molecule has 0 aliphatic rings. The van der Waals surface area contributed by atoms with Crippen molar-refractivity contribution in [3.05, 3.63) is 21.8 Å². The Labute approximate surface area is 106 Å². The number of hydrogen-bond donors (Lipinski definition) is 1. The van der Waals surface area contributed by atoms with Gasteiger partial charge in [0.1, 0.15) is 4.83 Å². The van der Waals surface area contributed by atoms with Gasteiger partial charge in [-0.25, -0.2) is 4.98 Å². The second-order valence-electron chi connectivity index (χ2n) is 3.56. The Morgan fingerprint density at radius 3 is 3.00 bits per heavy atom. The van der Waals surface area contributed by atoms with Crippen molar-refractivity contribution in [2.45, 2.75) is 17.3 Å². The first-order valence-electron chi connectivity index (χ1n) is 4.91. The van der Waals surface area contributed by atoms with Crippen LogP contribution in [0.3, 0.4) is 0 Å². The fraction of sp³-hybridized carbons (Fsp3) is 0.300. The van der Waals surface area contributed by atoms with Crippen LogP contribution in [0.2, 0.25) is 0 Å². The molecule has 0 radical (unpaired) electrons. The van der Waals surface area contributed by atoms with Crippen molar-refractivity contribution in [3.8, 4) is 0 Å². The number of hydrogen-bond acceptors (Lipinski definition) is 5. The van der Waals surface area contributed by atoms with Gasteiger partial charge < -0.3 is 5.73 Å². The van der Waals surface area contributed by atoms with Gasteiger partial charge in [0.15, 0.2) is 5.16 Å². The van der Waals surface area contributed by atoms with Crippen molar-refractivity contribution in [1.29, 1.82) is 0 Å². The topological polar surface area (TPSA) is 78.0 Å². The van der Waals surface area contributed by atoms with E-state index in [1.54, 1.807) is 20.0 Å². The van der Waals surface area contributed by atoms with Gasteiger partial charge in [-0.2, -0.15) is 0 Å². The highest BCUT2D eigenvalue weighted by Crippen LogP contribution is 2.23. The van der Waals surface area contributed by atoms with Gasteiger partial charge in [-0.15, -0.1) is 11.3 Å². The third-order valence-corrected chi connectivity index (χ3v) is 4.32. The molecule has 2 N–H and O–H groups in total. The maximum absolute atomic E-state index is 12.0. The lowest BCUT2D eigenvalue weighted by molar-refractivity contribution is -0.117. The van der Waals surface area contributed by atoms with Gasteiger partial charge >= 0.3 is 0 Å². The summed E-state index contributed by atoms with van der Waals surface area (Å²) >= 11 is 2.60. The molecular formula is C10H11N3O2S2. The molecule has 2 rings (SSSR count). The number of thioether (sulfide) groups is 1. The van der Waals surface area contributed by atoms with Crippen molar-refractivity contribution in [2.75, 3.05) is 0 Å². The minimum atomic E-state index is -0.421. The van der Waals surface area contributed by atoms with Crippen LogP contribution in [0.1, 0.15) is 6.92 Å². The third kappa shape index (κ3) is 2.20. The lowest BCUT2D eigenvalue weighted by atomic mass is 10.4. The van der Waals surface area contributed by atoms with E-state index in [-0.39, 0.29) is 5.56 Å². The molecule has 2 heterocycles. The van der Waals surface area contributed by atoms with Gasteiger partial charge in [0.25, 0.3) is 5.56 Å². The summed E-state index contributed by atoms with van der Waals surface area (Å²) in [4.78, 5) is 28.0. The SMILES string of the molecule is CC(Sc1nc2sccc2c(=O)n1C)C(N)=O. The normalized spacial score (nSPS) is 12.8. The molecule has 0 spiro atoms. The number of nitrogens with two attached hydrogens (primary N) is 1. The summed E-state index contributed by atoms with van der Waals surface area (Å²) in [5.41, 5.74) is 5.09. The Bertz CT molecular complexity index is 632. The Balaban J connectivity index is 2.51. The van der Waals surface area contributed by atoms with Gasteiger partial charge in [-0.1, -0.05) is 11.8 Å². The predicted octanol–water partition coefficient (Wildman–Crippen LogP) is 0.961. The van der Waals surface area contributed by atoms with Crippen LogP contribution >= 0.6 is 23.1 Å². The Morgan fingerprint density at radius 2 is 2.35 bits per heavy atom. The summed E-state index contributed by atoms with van der Waals surface area (Å²) in [6.07, 6.45) is 0. The highest BCUT2D eigenvalue weighted by Gasteiger charge is 2.15. The molecule has 1 unspecified atom stereocenters. The van der Waals surface area contributed by atoms with Crippen LogP contribution in [-0.4, -0.2) is 20.7 Å². The van der Waals surface area contributed by atoms with E-state index >= 15 is 0 Å². The van der Waals surface area contributed by atoms with E-state index < -0.39 is 11.2 Å². The number of fused-ring (bicyclic) bond motifs is 1. The van der Waals surface area contributed by atoms with Gasteiger partial charge in [0, 0.05) is 7.05 Å². The van der Waals surface area contributed by atoms with Crippen LogP contribution in [0, 0.1) is 0 Å². The molecule has 0 fully saturated rings. The minimum absolute atomic E-state index is 0.101. The number of thiophene rings is 1. The quantitative estimate of drug-likeness (QED) is 0.665.